The Morgan fingerprint density at radius 3 is 2.60 bits per heavy atom. The summed E-state index contributed by atoms with van der Waals surface area (Å²) in [6, 6.07) is 0. The van der Waals surface area contributed by atoms with Crippen LogP contribution in [0.2, 0.25) is 0 Å². The summed E-state index contributed by atoms with van der Waals surface area (Å²) in [5, 5.41) is 3.55. The Kier molecular flexibility index (Phi) is 5.52. The Hall–Kier alpha value is 0.350. The number of carbonyl (C=O) groups excluding carboxylic acids is 1. The normalized spacial score (nSPS) is 22.1. The fourth-order valence-corrected chi connectivity index (χ4v) is 1.76. The van der Waals surface area contributed by atoms with Crippen LogP contribution in [0.5, 0.6) is 0 Å². The largest absolute Gasteiger partial charge is 0.353 e. The Bertz CT molecular complexity index is 219. The molecule has 1 rings (SSSR count). The number of hydrogen-bond acceptors (Lipinski definition) is 3. The van der Waals surface area contributed by atoms with Crippen LogP contribution in [0.3, 0.4) is 0 Å². The average Bonchev–Trinajstić information content (AvgIpc) is 2.29. The van der Waals surface area contributed by atoms with Gasteiger partial charge in [0.15, 0.2) is 0 Å². The van der Waals surface area contributed by atoms with Gasteiger partial charge in [-0.25, -0.2) is 0 Å². The molecule has 1 N–H and O–H groups in total. The molecule has 0 radical (unpaired) electrons. The molecule has 6 heteroatoms. The lowest BCUT2D eigenvalue weighted by atomic mass is 9.97. The second-order valence-corrected chi connectivity index (χ2v) is 5.31. The molecular weight excluding hydrogens is 330 g/mol. The zero-order chi connectivity index (χ0) is 11.3. The van der Waals surface area contributed by atoms with Crippen LogP contribution in [0.15, 0.2) is 0 Å². The highest BCUT2D eigenvalue weighted by Gasteiger charge is 2.34. The molecule has 1 fully saturated rings. The van der Waals surface area contributed by atoms with Crippen molar-refractivity contribution in [3.63, 3.8) is 0 Å². The van der Waals surface area contributed by atoms with Crippen molar-refractivity contribution in [3.05, 3.63) is 0 Å². The van der Waals surface area contributed by atoms with Crippen LogP contribution in [-0.2, 0) is 14.3 Å². The van der Waals surface area contributed by atoms with Gasteiger partial charge in [-0.1, -0.05) is 38.8 Å². The number of carbonyl (C=O) groups is 1. The van der Waals surface area contributed by atoms with Gasteiger partial charge in [0.2, 0.25) is 5.91 Å². The standard InChI is InChI=1S/C9H15Br2NO3/c1-2-9(4-14-6-15-5-9)12-8(13)7(11)3-10/h7H,2-6H2,1H3,(H,12,13). The first-order valence-corrected chi connectivity index (χ1v) is 6.85. The summed E-state index contributed by atoms with van der Waals surface area (Å²) in [4.78, 5) is 11.5. The predicted molar refractivity (Wildman–Crippen MR) is 64.4 cm³/mol. The summed E-state index contributed by atoms with van der Waals surface area (Å²) in [6.45, 7) is 3.35. The van der Waals surface area contributed by atoms with Gasteiger partial charge in [-0.05, 0) is 6.42 Å². The lowest BCUT2D eigenvalue weighted by Crippen LogP contribution is -2.58. The minimum absolute atomic E-state index is 0.0391. The summed E-state index contributed by atoms with van der Waals surface area (Å²) in [7, 11) is 0. The van der Waals surface area contributed by atoms with Crippen molar-refractivity contribution in [1.82, 2.24) is 5.32 Å². The molecule has 0 aromatic carbocycles. The summed E-state index contributed by atoms with van der Waals surface area (Å²) in [6.07, 6.45) is 0.792. The predicted octanol–water partition coefficient (Wildman–Crippen LogP) is 1.41. The first-order valence-electron chi connectivity index (χ1n) is 4.81. The van der Waals surface area contributed by atoms with Gasteiger partial charge in [0.25, 0.3) is 0 Å². The molecule has 1 amide bonds. The molecule has 1 saturated heterocycles. The highest BCUT2D eigenvalue weighted by Crippen LogP contribution is 2.17. The smallest absolute Gasteiger partial charge is 0.235 e. The summed E-state index contributed by atoms with van der Waals surface area (Å²) >= 11 is 6.53. The van der Waals surface area contributed by atoms with Gasteiger partial charge >= 0.3 is 0 Å². The maximum absolute atomic E-state index is 11.7. The Balaban J connectivity index is 2.55. The second kappa shape index (κ2) is 6.18. The number of amides is 1. The summed E-state index contributed by atoms with van der Waals surface area (Å²) in [5.41, 5.74) is -0.372. The maximum atomic E-state index is 11.7. The minimum atomic E-state index is -0.372. The third-order valence-electron chi connectivity index (χ3n) is 2.41. The van der Waals surface area contributed by atoms with Gasteiger partial charge in [0.1, 0.15) is 11.6 Å². The van der Waals surface area contributed by atoms with Gasteiger partial charge in [0.05, 0.1) is 18.8 Å². The van der Waals surface area contributed by atoms with Crippen LogP contribution in [0.4, 0.5) is 0 Å². The highest BCUT2D eigenvalue weighted by molar-refractivity contribution is 9.12. The molecule has 1 aliphatic heterocycles. The van der Waals surface area contributed by atoms with Crippen molar-refractivity contribution < 1.29 is 14.3 Å². The van der Waals surface area contributed by atoms with E-state index < -0.39 is 0 Å². The zero-order valence-corrected chi connectivity index (χ0v) is 11.8. The molecule has 4 nitrogen and oxygen atoms in total. The molecule has 0 aromatic rings. The van der Waals surface area contributed by atoms with E-state index >= 15 is 0 Å². The van der Waals surface area contributed by atoms with Crippen LogP contribution in [-0.4, -0.2) is 41.6 Å². The maximum Gasteiger partial charge on any atom is 0.235 e. The van der Waals surface area contributed by atoms with E-state index in [2.05, 4.69) is 37.2 Å². The Labute approximate surface area is 106 Å². The molecule has 88 valence electrons. The zero-order valence-electron chi connectivity index (χ0n) is 8.59. The minimum Gasteiger partial charge on any atom is -0.353 e. The monoisotopic (exact) mass is 343 g/mol. The molecule has 0 bridgehead atoms. The van der Waals surface area contributed by atoms with Gasteiger partial charge in [0, 0.05) is 5.33 Å². The number of nitrogens with one attached hydrogen (secondary N) is 1. The van der Waals surface area contributed by atoms with Crippen LogP contribution in [0.25, 0.3) is 0 Å². The topological polar surface area (TPSA) is 47.6 Å². The van der Waals surface area contributed by atoms with E-state index in [1.807, 2.05) is 6.92 Å². The lowest BCUT2D eigenvalue weighted by Gasteiger charge is -2.37. The quantitative estimate of drug-likeness (QED) is 0.784. The van der Waals surface area contributed by atoms with Gasteiger partial charge in [-0.15, -0.1) is 0 Å². The molecule has 15 heavy (non-hydrogen) atoms. The Morgan fingerprint density at radius 2 is 2.13 bits per heavy atom. The van der Waals surface area contributed by atoms with Crippen molar-refractivity contribution in [1.29, 1.82) is 0 Å². The van der Waals surface area contributed by atoms with E-state index in [0.29, 0.717) is 25.3 Å². The number of rotatable bonds is 4. The SMILES string of the molecule is CCC1(NC(=O)C(Br)CBr)COCOC1. The average molecular weight is 345 g/mol. The van der Waals surface area contributed by atoms with Gasteiger partial charge in [-0.2, -0.15) is 0 Å². The molecule has 0 aliphatic carbocycles. The van der Waals surface area contributed by atoms with E-state index in [1.54, 1.807) is 0 Å². The Morgan fingerprint density at radius 1 is 1.53 bits per heavy atom. The third-order valence-corrected chi connectivity index (χ3v) is 4.66. The van der Waals surface area contributed by atoms with Crippen molar-refractivity contribution in [2.75, 3.05) is 25.3 Å². The molecule has 0 aromatic heterocycles. The van der Waals surface area contributed by atoms with Crippen LogP contribution < -0.4 is 5.32 Å². The first kappa shape index (κ1) is 13.4. The van der Waals surface area contributed by atoms with Gasteiger partial charge < -0.3 is 14.8 Å². The summed E-state index contributed by atoms with van der Waals surface area (Å²) in [5.74, 6) is -0.0391. The highest BCUT2D eigenvalue weighted by atomic mass is 79.9. The van der Waals surface area contributed by atoms with Crippen LogP contribution in [0, 0.1) is 0 Å². The van der Waals surface area contributed by atoms with Crippen molar-refractivity contribution in [3.8, 4) is 0 Å². The summed E-state index contributed by atoms with van der Waals surface area (Å²) < 4.78 is 10.5. The first-order chi connectivity index (χ1) is 7.13. The van der Waals surface area contributed by atoms with Crippen molar-refractivity contribution >= 4 is 37.8 Å². The van der Waals surface area contributed by atoms with Crippen LogP contribution in [0.1, 0.15) is 13.3 Å². The van der Waals surface area contributed by atoms with E-state index in [1.165, 1.54) is 0 Å². The fourth-order valence-electron chi connectivity index (χ4n) is 1.35. The molecular formula is C9H15Br2NO3. The lowest BCUT2D eigenvalue weighted by molar-refractivity contribution is -0.152. The second-order valence-electron chi connectivity index (χ2n) is 3.56. The van der Waals surface area contributed by atoms with E-state index in [0.717, 1.165) is 6.42 Å². The van der Waals surface area contributed by atoms with Gasteiger partial charge in [-0.3, -0.25) is 4.79 Å². The third kappa shape index (κ3) is 3.69. The van der Waals surface area contributed by atoms with Crippen LogP contribution >= 0.6 is 31.9 Å². The molecule has 1 unspecified atom stereocenters. The van der Waals surface area contributed by atoms with E-state index in [-0.39, 0.29) is 16.3 Å². The fraction of sp³-hybridized carbons (Fsp3) is 0.889. The molecule has 1 heterocycles. The number of ether oxygens (including phenoxy) is 2. The van der Waals surface area contributed by atoms with E-state index in [9.17, 15) is 4.79 Å². The van der Waals surface area contributed by atoms with Crippen molar-refractivity contribution in [2.24, 2.45) is 0 Å². The molecule has 1 aliphatic rings. The molecule has 0 spiro atoms. The van der Waals surface area contributed by atoms with E-state index in [4.69, 9.17) is 9.47 Å². The number of halogens is 2. The number of alkyl halides is 2. The molecule has 1 atom stereocenters. The number of hydrogen-bond donors (Lipinski definition) is 1. The molecule has 0 saturated carbocycles. The van der Waals surface area contributed by atoms with Crippen molar-refractivity contribution in [2.45, 2.75) is 23.7 Å².